The summed E-state index contributed by atoms with van der Waals surface area (Å²) < 4.78 is 44.7. The second kappa shape index (κ2) is 13.4. The largest absolute Gasteiger partial charge is 0.494 e. The van der Waals surface area contributed by atoms with Crippen LogP contribution < -0.4 is 24.8 Å². The maximum Gasteiger partial charge on any atom is 0.408 e. The van der Waals surface area contributed by atoms with Crippen LogP contribution in [0.2, 0.25) is 0 Å². The van der Waals surface area contributed by atoms with Crippen molar-refractivity contribution in [2.24, 2.45) is 11.3 Å². The van der Waals surface area contributed by atoms with Crippen LogP contribution in [0, 0.1) is 11.3 Å². The van der Waals surface area contributed by atoms with Crippen molar-refractivity contribution in [1.29, 1.82) is 0 Å². The number of ether oxygens (including phenoxy) is 3. The molecule has 2 aromatic rings. The van der Waals surface area contributed by atoms with E-state index in [1.807, 2.05) is 24.3 Å². The molecule has 272 valence electrons. The molecular formula is C35H47N5O9S. The molecule has 3 fully saturated rings. The second-order valence-corrected chi connectivity index (χ2v) is 17.2. The summed E-state index contributed by atoms with van der Waals surface area (Å²) in [6.45, 7) is 14.1. The van der Waals surface area contributed by atoms with Crippen LogP contribution in [-0.4, -0.2) is 90.3 Å². The third-order valence-electron chi connectivity index (χ3n) is 9.09. The van der Waals surface area contributed by atoms with E-state index in [-0.39, 0.29) is 25.3 Å². The van der Waals surface area contributed by atoms with Crippen molar-refractivity contribution in [2.75, 3.05) is 13.7 Å². The number of alkyl carbamates (subject to hydrolysis) is 1. The lowest BCUT2D eigenvalue weighted by Crippen LogP contribution is -2.60. The van der Waals surface area contributed by atoms with Gasteiger partial charge in [0.1, 0.15) is 35.1 Å². The average Bonchev–Trinajstić information content (AvgIpc) is 3.95. The molecule has 3 N–H and O–H groups in total. The van der Waals surface area contributed by atoms with Crippen molar-refractivity contribution in [3.63, 3.8) is 0 Å². The molecular weight excluding hydrogens is 666 g/mol. The maximum absolute atomic E-state index is 14.4. The predicted molar refractivity (Wildman–Crippen MR) is 185 cm³/mol. The molecule has 14 nitrogen and oxygen atoms in total. The molecule has 0 spiro atoms. The standard InChI is InChI=1S/C35H47N5O9S/c1-9-20-17-35(20,31(43)39-50(45,46)22-14-15-22)38-28(41)25-16-21(48-29-24-13-11-10-12-23(24)26(47-8)18-36-29)19-40(25)30(42)27(33(2,3)4)37-32(44)49-34(5,6)7/h9-13,18,20-22,25,27H,1,14-17,19H2,2-8H3,(H,37,44)(H,38,41)(H,39,43)/t20-,21-,25?,27-,35-/m1/s1. The number of carbonyl (C=O) groups is 4. The molecule has 5 atom stereocenters. The fourth-order valence-corrected chi connectivity index (χ4v) is 7.55. The van der Waals surface area contributed by atoms with E-state index in [4.69, 9.17) is 14.2 Å². The summed E-state index contributed by atoms with van der Waals surface area (Å²) >= 11 is 0. The third-order valence-corrected chi connectivity index (χ3v) is 10.9. The summed E-state index contributed by atoms with van der Waals surface area (Å²) in [6, 6.07) is 5.09. The summed E-state index contributed by atoms with van der Waals surface area (Å²) in [5.41, 5.74) is -3.20. The highest BCUT2D eigenvalue weighted by molar-refractivity contribution is 7.91. The molecule has 1 saturated heterocycles. The minimum Gasteiger partial charge on any atom is -0.494 e. The summed E-state index contributed by atoms with van der Waals surface area (Å²) in [5.74, 6) is -1.79. The molecule has 1 aromatic carbocycles. The zero-order valence-electron chi connectivity index (χ0n) is 29.6. The molecule has 0 radical (unpaired) electrons. The SMILES string of the molecule is C=C[C@@H]1C[C@]1(NC(=O)C1C[C@@H](Oc2ncc(OC)c3ccccc23)CN1C(=O)[C@@H](NC(=O)OC(C)(C)C)C(C)(C)C)C(=O)NS(=O)(=O)C1CC1. The first-order chi connectivity index (χ1) is 23.3. The molecule has 2 aliphatic carbocycles. The van der Waals surface area contributed by atoms with Gasteiger partial charge in [0.15, 0.2) is 0 Å². The summed E-state index contributed by atoms with van der Waals surface area (Å²) in [5, 5.41) is 6.25. The minimum atomic E-state index is -3.90. The number of amides is 4. The molecule has 2 saturated carbocycles. The quantitative estimate of drug-likeness (QED) is 0.293. The van der Waals surface area contributed by atoms with E-state index in [0.717, 1.165) is 5.39 Å². The van der Waals surface area contributed by atoms with E-state index < -0.39 is 79.7 Å². The zero-order chi connectivity index (χ0) is 36.8. The van der Waals surface area contributed by atoms with Crippen molar-refractivity contribution < 1.29 is 41.8 Å². The monoisotopic (exact) mass is 713 g/mol. The van der Waals surface area contributed by atoms with Crippen LogP contribution >= 0.6 is 0 Å². The smallest absolute Gasteiger partial charge is 0.408 e. The molecule has 2 heterocycles. The Morgan fingerprint density at radius 2 is 1.74 bits per heavy atom. The van der Waals surface area contributed by atoms with Gasteiger partial charge in [-0.1, -0.05) is 45.0 Å². The fraction of sp³-hybridized carbons (Fsp3) is 0.571. The molecule has 1 unspecified atom stereocenters. The van der Waals surface area contributed by atoms with Gasteiger partial charge in [-0.25, -0.2) is 18.2 Å². The number of methoxy groups -OCH3 is 1. The Morgan fingerprint density at radius 1 is 1.08 bits per heavy atom. The number of likely N-dealkylation sites (tertiary alicyclic amines) is 1. The highest BCUT2D eigenvalue weighted by Gasteiger charge is 2.62. The number of nitrogens with one attached hydrogen (secondary N) is 3. The van der Waals surface area contributed by atoms with Gasteiger partial charge in [-0.2, -0.15) is 0 Å². The van der Waals surface area contributed by atoms with Crippen molar-refractivity contribution in [3.05, 3.63) is 43.1 Å². The molecule has 1 aliphatic heterocycles. The van der Waals surface area contributed by atoms with Crippen LogP contribution in [0.15, 0.2) is 43.1 Å². The van der Waals surface area contributed by atoms with Crippen LogP contribution in [0.3, 0.4) is 0 Å². The van der Waals surface area contributed by atoms with Gasteiger partial charge in [-0.3, -0.25) is 19.1 Å². The van der Waals surface area contributed by atoms with Gasteiger partial charge in [0.2, 0.25) is 27.7 Å². The topological polar surface area (TPSA) is 182 Å². The molecule has 1 aromatic heterocycles. The zero-order valence-corrected chi connectivity index (χ0v) is 30.4. The first-order valence-electron chi connectivity index (χ1n) is 16.7. The fourth-order valence-electron chi connectivity index (χ4n) is 6.19. The summed E-state index contributed by atoms with van der Waals surface area (Å²) in [6.07, 6.45) is 2.56. The normalized spacial score (nSPS) is 24.1. The number of aromatic nitrogens is 1. The van der Waals surface area contributed by atoms with E-state index in [1.165, 1.54) is 24.3 Å². The molecule has 4 amide bonds. The van der Waals surface area contributed by atoms with E-state index in [1.54, 1.807) is 41.5 Å². The lowest BCUT2D eigenvalue weighted by atomic mass is 9.85. The lowest BCUT2D eigenvalue weighted by molar-refractivity contribution is -0.143. The third kappa shape index (κ3) is 7.82. The second-order valence-electron chi connectivity index (χ2n) is 15.3. The number of hydrogen-bond acceptors (Lipinski definition) is 10. The summed E-state index contributed by atoms with van der Waals surface area (Å²) in [4.78, 5) is 60.7. The number of nitrogens with zero attached hydrogens (tertiary/aromatic N) is 2. The van der Waals surface area contributed by atoms with Crippen molar-refractivity contribution in [2.45, 2.75) is 102 Å². The maximum atomic E-state index is 14.4. The van der Waals surface area contributed by atoms with E-state index in [0.29, 0.717) is 24.0 Å². The van der Waals surface area contributed by atoms with Gasteiger partial charge in [0, 0.05) is 23.1 Å². The highest BCUT2D eigenvalue weighted by atomic mass is 32.2. The Labute approximate surface area is 292 Å². The Bertz CT molecular complexity index is 1800. The van der Waals surface area contributed by atoms with Gasteiger partial charge in [0.05, 0.1) is 25.1 Å². The summed E-state index contributed by atoms with van der Waals surface area (Å²) in [7, 11) is -2.36. The van der Waals surface area contributed by atoms with Gasteiger partial charge in [0.25, 0.3) is 5.91 Å². The Balaban J connectivity index is 1.45. The number of carbonyl (C=O) groups excluding carboxylic acids is 4. The number of sulfonamides is 1. The van der Waals surface area contributed by atoms with E-state index >= 15 is 0 Å². The number of hydrogen-bond donors (Lipinski definition) is 3. The van der Waals surface area contributed by atoms with E-state index in [2.05, 4.69) is 26.9 Å². The Hall–Kier alpha value is -4.40. The van der Waals surface area contributed by atoms with Crippen LogP contribution in [0.5, 0.6) is 11.6 Å². The number of rotatable bonds is 11. The van der Waals surface area contributed by atoms with Gasteiger partial charge < -0.3 is 29.7 Å². The van der Waals surface area contributed by atoms with Crippen LogP contribution in [0.25, 0.3) is 10.8 Å². The van der Waals surface area contributed by atoms with Crippen molar-refractivity contribution in [3.8, 4) is 11.6 Å². The molecule has 0 bridgehead atoms. The van der Waals surface area contributed by atoms with Gasteiger partial charge >= 0.3 is 6.09 Å². The average molecular weight is 714 g/mol. The molecule has 3 aliphatic rings. The van der Waals surface area contributed by atoms with Crippen molar-refractivity contribution in [1.82, 2.24) is 25.2 Å². The molecule has 15 heteroatoms. The minimum absolute atomic E-state index is 0.0136. The number of benzene rings is 1. The number of pyridine rings is 1. The predicted octanol–water partition coefficient (Wildman–Crippen LogP) is 3.20. The Kier molecular flexibility index (Phi) is 9.87. The van der Waals surface area contributed by atoms with Crippen LogP contribution in [-0.2, 0) is 29.1 Å². The molecule has 50 heavy (non-hydrogen) atoms. The van der Waals surface area contributed by atoms with E-state index in [9.17, 15) is 27.6 Å². The van der Waals surface area contributed by atoms with Crippen molar-refractivity contribution >= 4 is 44.6 Å². The van der Waals surface area contributed by atoms with Gasteiger partial charge in [-0.05, 0) is 51.5 Å². The van der Waals surface area contributed by atoms with Gasteiger partial charge in [-0.15, -0.1) is 6.58 Å². The highest BCUT2D eigenvalue weighted by Crippen LogP contribution is 2.45. The Morgan fingerprint density at radius 3 is 2.30 bits per heavy atom. The first kappa shape index (κ1) is 36.9. The first-order valence-corrected chi connectivity index (χ1v) is 18.2. The van der Waals surface area contributed by atoms with Crippen LogP contribution in [0.4, 0.5) is 4.79 Å². The van der Waals surface area contributed by atoms with Crippen LogP contribution in [0.1, 0.15) is 67.2 Å². The molecule has 5 rings (SSSR count). The number of fused-ring (bicyclic) bond motifs is 1. The lowest BCUT2D eigenvalue weighted by Gasteiger charge is -2.36.